The van der Waals surface area contributed by atoms with Crippen molar-refractivity contribution >= 4 is 21.6 Å². The number of rotatable bonds is 4. The van der Waals surface area contributed by atoms with Crippen molar-refractivity contribution in [1.29, 1.82) is 0 Å². The molecule has 1 fully saturated rings. The summed E-state index contributed by atoms with van der Waals surface area (Å²) in [7, 11) is -1.92. The largest absolute Gasteiger partial charge is 0.416 e. The van der Waals surface area contributed by atoms with E-state index >= 15 is 0 Å². The Kier molecular flexibility index (Phi) is 6.78. The molecule has 2 aromatic carbocycles. The number of piperazine rings is 1. The van der Waals surface area contributed by atoms with Crippen LogP contribution in [0.1, 0.15) is 21.5 Å². The lowest BCUT2D eigenvalue weighted by molar-refractivity contribution is -0.143. The molecular formula is C20H19F6N3O3S. The average molecular weight is 495 g/mol. The van der Waals surface area contributed by atoms with Gasteiger partial charge in [-0.1, -0.05) is 0 Å². The van der Waals surface area contributed by atoms with Gasteiger partial charge in [-0.05, 0) is 49.5 Å². The van der Waals surface area contributed by atoms with E-state index in [0.29, 0.717) is 38.3 Å². The van der Waals surface area contributed by atoms with E-state index in [9.17, 15) is 39.6 Å². The number of carbonyl (C=O) groups is 1. The summed E-state index contributed by atoms with van der Waals surface area (Å²) >= 11 is 0. The van der Waals surface area contributed by atoms with Gasteiger partial charge in [0.15, 0.2) is 0 Å². The molecule has 0 atom stereocenters. The highest BCUT2D eigenvalue weighted by Gasteiger charge is 2.37. The van der Waals surface area contributed by atoms with Gasteiger partial charge in [-0.25, -0.2) is 8.42 Å². The van der Waals surface area contributed by atoms with Gasteiger partial charge in [0.1, 0.15) is 0 Å². The van der Waals surface area contributed by atoms with E-state index < -0.39 is 45.0 Å². The summed E-state index contributed by atoms with van der Waals surface area (Å²) in [5.74, 6) is -1.21. The van der Waals surface area contributed by atoms with Crippen LogP contribution in [0.15, 0.2) is 47.4 Å². The predicted molar refractivity (Wildman–Crippen MR) is 107 cm³/mol. The lowest BCUT2D eigenvalue weighted by atomic mass is 10.0. The fraction of sp³-hybridized carbons (Fsp3) is 0.350. The average Bonchev–Trinajstić information content (AvgIpc) is 2.73. The Labute approximate surface area is 185 Å². The van der Waals surface area contributed by atoms with Crippen molar-refractivity contribution in [2.75, 3.05) is 38.5 Å². The van der Waals surface area contributed by atoms with Crippen LogP contribution in [0.3, 0.4) is 0 Å². The molecule has 0 spiro atoms. The molecule has 1 N–H and O–H groups in total. The molecule has 1 amide bonds. The molecule has 13 heteroatoms. The van der Waals surface area contributed by atoms with Gasteiger partial charge in [0.25, 0.3) is 5.91 Å². The molecule has 6 nitrogen and oxygen atoms in total. The topological polar surface area (TPSA) is 69.7 Å². The Hall–Kier alpha value is -2.64. The number of benzene rings is 2. The van der Waals surface area contributed by atoms with Crippen LogP contribution in [-0.4, -0.2) is 56.8 Å². The van der Waals surface area contributed by atoms with Crippen molar-refractivity contribution < 1.29 is 39.6 Å². The zero-order valence-electron chi connectivity index (χ0n) is 17.2. The Morgan fingerprint density at radius 2 is 1.33 bits per heavy atom. The smallest absolute Gasteiger partial charge is 0.322 e. The fourth-order valence-electron chi connectivity index (χ4n) is 3.18. The van der Waals surface area contributed by atoms with Gasteiger partial charge in [-0.3, -0.25) is 4.79 Å². The van der Waals surface area contributed by atoms with Gasteiger partial charge >= 0.3 is 12.4 Å². The van der Waals surface area contributed by atoms with E-state index in [1.54, 1.807) is 0 Å². The van der Waals surface area contributed by atoms with Crippen LogP contribution in [0.5, 0.6) is 0 Å². The van der Waals surface area contributed by atoms with Crippen LogP contribution in [0.4, 0.5) is 32.0 Å². The zero-order chi connectivity index (χ0) is 24.6. The standard InChI is InChI=1S/C20H19F6N3O3S/c1-28-6-8-29(9-7-28)33(31,32)17-4-2-16(3-5-17)27-18(30)13-10-14(19(21,22)23)12-15(11-13)20(24,25)26/h2-5,10-12H,6-9H2,1H3,(H,27,30). The Morgan fingerprint density at radius 3 is 1.79 bits per heavy atom. The number of alkyl halides is 6. The number of amides is 1. The maximum atomic E-state index is 13.0. The maximum Gasteiger partial charge on any atom is 0.416 e. The van der Waals surface area contributed by atoms with Gasteiger partial charge in [-0.15, -0.1) is 0 Å². The second-order valence-electron chi connectivity index (χ2n) is 7.48. The molecule has 180 valence electrons. The number of halogens is 6. The maximum absolute atomic E-state index is 13.0. The number of hydrogen-bond acceptors (Lipinski definition) is 4. The molecule has 3 rings (SSSR count). The second-order valence-corrected chi connectivity index (χ2v) is 9.42. The Bertz CT molecular complexity index is 1090. The summed E-state index contributed by atoms with van der Waals surface area (Å²) in [4.78, 5) is 14.3. The molecule has 0 unspecified atom stereocenters. The van der Waals surface area contributed by atoms with Gasteiger partial charge in [0, 0.05) is 37.4 Å². The minimum atomic E-state index is -5.09. The van der Waals surface area contributed by atoms with Crippen LogP contribution in [0.2, 0.25) is 0 Å². The zero-order valence-corrected chi connectivity index (χ0v) is 18.0. The Balaban J connectivity index is 1.81. The lowest BCUT2D eigenvalue weighted by Crippen LogP contribution is -2.46. The molecular weight excluding hydrogens is 476 g/mol. The summed E-state index contributed by atoms with van der Waals surface area (Å²) in [6.07, 6.45) is -10.2. The van der Waals surface area contributed by atoms with Crippen LogP contribution in [-0.2, 0) is 22.4 Å². The molecule has 33 heavy (non-hydrogen) atoms. The van der Waals surface area contributed by atoms with Crippen LogP contribution < -0.4 is 5.32 Å². The summed E-state index contributed by atoms with van der Waals surface area (Å²) < 4.78 is 105. The molecule has 0 saturated carbocycles. The first-order valence-electron chi connectivity index (χ1n) is 9.57. The van der Waals surface area contributed by atoms with E-state index in [2.05, 4.69) is 5.32 Å². The highest BCUT2D eigenvalue weighted by Crippen LogP contribution is 2.36. The Morgan fingerprint density at radius 1 is 0.848 bits per heavy atom. The number of nitrogens with one attached hydrogen (secondary N) is 1. The SMILES string of the molecule is CN1CCN(S(=O)(=O)c2ccc(NC(=O)c3cc(C(F)(F)F)cc(C(F)(F)F)c3)cc2)CC1. The van der Waals surface area contributed by atoms with Gasteiger partial charge < -0.3 is 10.2 Å². The second kappa shape index (κ2) is 8.95. The summed E-state index contributed by atoms with van der Waals surface area (Å²) in [6.45, 7) is 1.72. The van der Waals surface area contributed by atoms with Crippen molar-refractivity contribution in [3.8, 4) is 0 Å². The number of carbonyl (C=O) groups excluding carboxylic acids is 1. The normalized spacial score (nSPS) is 16.6. The first kappa shape index (κ1) is 25.0. The third-order valence-corrected chi connectivity index (χ3v) is 6.97. The van der Waals surface area contributed by atoms with Crippen molar-refractivity contribution in [3.05, 3.63) is 59.2 Å². The van der Waals surface area contributed by atoms with Gasteiger partial charge in [-0.2, -0.15) is 30.6 Å². The monoisotopic (exact) mass is 495 g/mol. The molecule has 0 aromatic heterocycles. The molecule has 1 aliphatic rings. The van der Waals surface area contributed by atoms with E-state index in [0.717, 1.165) is 0 Å². The fourth-order valence-corrected chi connectivity index (χ4v) is 4.60. The number of sulfonamides is 1. The molecule has 1 aliphatic heterocycles. The van der Waals surface area contributed by atoms with E-state index in [1.165, 1.54) is 28.6 Å². The van der Waals surface area contributed by atoms with Crippen molar-refractivity contribution in [2.45, 2.75) is 17.2 Å². The van der Waals surface area contributed by atoms with Crippen molar-refractivity contribution in [1.82, 2.24) is 9.21 Å². The third kappa shape index (κ3) is 5.84. The number of hydrogen-bond donors (Lipinski definition) is 1. The van der Waals surface area contributed by atoms with Crippen molar-refractivity contribution in [3.63, 3.8) is 0 Å². The number of likely N-dealkylation sites (N-methyl/N-ethyl adjacent to an activating group) is 1. The quantitative estimate of drug-likeness (QED) is 0.654. The highest BCUT2D eigenvalue weighted by atomic mass is 32.2. The van der Waals surface area contributed by atoms with E-state index in [4.69, 9.17) is 0 Å². The van der Waals surface area contributed by atoms with Crippen LogP contribution >= 0.6 is 0 Å². The first-order valence-corrected chi connectivity index (χ1v) is 11.0. The molecule has 0 aliphatic carbocycles. The van der Waals surface area contributed by atoms with Crippen LogP contribution in [0, 0.1) is 0 Å². The predicted octanol–water partition coefficient (Wildman–Crippen LogP) is 3.91. The van der Waals surface area contributed by atoms with Gasteiger partial charge in [0.05, 0.1) is 16.0 Å². The molecule has 1 heterocycles. The van der Waals surface area contributed by atoms with E-state index in [-0.39, 0.29) is 16.6 Å². The highest BCUT2D eigenvalue weighted by molar-refractivity contribution is 7.89. The van der Waals surface area contributed by atoms with Gasteiger partial charge in [0.2, 0.25) is 10.0 Å². The summed E-state index contributed by atoms with van der Waals surface area (Å²) in [6, 6.07) is 5.38. The summed E-state index contributed by atoms with van der Waals surface area (Å²) in [5.41, 5.74) is -4.07. The number of anilines is 1. The van der Waals surface area contributed by atoms with Crippen molar-refractivity contribution in [2.24, 2.45) is 0 Å². The minimum Gasteiger partial charge on any atom is -0.322 e. The van der Waals surface area contributed by atoms with E-state index in [1.807, 2.05) is 11.9 Å². The molecule has 2 aromatic rings. The number of nitrogens with zero attached hydrogens (tertiary/aromatic N) is 2. The summed E-state index contributed by atoms with van der Waals surface area (Å²) in [5, 5.41) is 2.19. The molecule has 0 radical (unpaired) electrons. The molecule has 0 bridgehead atoms. The van der Waals surface area contributed by atoms with Crippen LogP contribution in [0.25, 0.3) is 0 Å². The minimum absolute atomic E-state index is 0.00305. The lowest BCUT2D eigenvalue weighted by Gasteiger charge is -2.31. The molecule has 1 saturated heterocycles. The first-order chi connectivity index (χ1) is 15.2. The third-order valence-electron chi connectivity index (χ3n) is 5.06.